The van der Waals surface area contributed by atoms with Gasteiger partial charge in [0.1, 0.15) is 29.4 Å². The third kappa shape index (κ3) is 7.29. The Hall–Kier alpha value is -4.50. The predicted molar refractivity (Wildman–Crippen MR) is 161 cm³/mol. The Morgan fingerprint density at radius 1 is 1.30 bits per heavy atom. The molecular formula is C28H30N6O7S2. The summed E-state index contributed by atoms with van der Waals surface area (Å²) >= 11 is 2.39. The molecule has 1 saturated heterocycles. The lowest BCUT2D eigenvalue weighted by molar-refractivity contribution is -0.152. The van der Waals surface area contributed by atoms with Gasteiger partial charge in [-0.1, -0.05) is 43.3 Å². The highest BCUT2D eigenvalue weighted by Gasteiger charge is 2.54. The fraction of sp³-hybridized carbons (Fsp3) is 0.321. The van der Waals surface area contributed by atoms with Gasteiger partial charge >= 0.3 is 11.9 Å². The van der Waals surface area contributed by atoms with E-state index in [9.17, 15) is 24.4 Å². The molecule has 0 radical (unpaired) electrons. The molecule has 2 aromatic heterocycles. The van der Waals surface area contributed by atoms with Crippen LogP contribution in [0, 0.1) is 5.92 Å². The first kappa shape index (κ1) is 31.4. The lowest BCUT2D eigenvalue weighted by Crippen LogP contribution is -2.71. The van der Waals surface area contributed by atoms with Gasteiger partial charge in [0, 0.05) is 23.5 Å². The zero-order valence-corrected chi connectivity index (χ0v) is 25.2. The fourth-order valence-corrected chi connectivity index (χ4v) is 5.92. The van der Waals surface area contributed by atoms with Crippen LogP contribution < -0.4 is 11.1 Å². The summed E-state index contributed by atoms with van der Waals surface area (Å²) < 4.78 is 10.8. The lowest BCUT2D eigenvalue weighted by atomic mass is 10.0. The normalized spacial score (nSPS) is 18.9. The SMILES string of the molecule is C/C=C(\COC(=O)C1=C(/C=C\c2cccnc2)CS[C@@H]2[C@H](NC(=O)/C(=N\O)c3csc(N)n3)C(=O)N12)C(=O)OCC(C)C. The van der Waals surface area contributed by atoms with Crippen molar-refractivity contribution in [1.29, 1.82) is 0 Å². The minimum atomic E-state index is -1.02. The molecule has 0 saturated carbocycles. The maximum atomic E-state index is 13.5. The van der Waals surface area contributed by atoms with Crippen LogP contribution in [0.4, 0.5) is 5.13 Å². The predicted octanol–water partition coefficient (Wildman–Crippen LogP) is 2.35. The molecule has 1 fully saturated rings. The monoisotopic (exact) mass is 626 g/mol. The van der Waals surface area contributed by atoms with E-state index in [1.165, 1.54) is 28.1 Å². The number of pyridine rings is 1. The molecule has 15 heteroatoms. The van der Waals surface area contributed by atoms with Gasteiger partial charge in [0.15, 0.2) is 10.8 Å². The zero-order chi connectivity index (χ0) is 31.1. The molecule has 4 rings (SSSR count). The van der Waals surface area contributed by atoms with E-state index in [1.54, 1.807) is 37.5 Å². The number of thiazole rings is 1. The fourth-order valence-electron chi connectivity index (χ4n) is 4.06. The number of rotatable bonds is 11. The molecule has 226 valence electrons. The third-order valence-electron chi connectivity index (χ3n) is 6.24. The van der Waals surface area contributed by atoms with Crippen molar-refractivity contribution >= 4 is 63.8 Å². The molecule has 0 bridgehead atoms. The zero-order valence-electron chi connectivity index (χ0n) is 23.6. The summed E-state index contributed by atoms with van der Waals surface area (Å²) in [6, 6.07) is 2.58. The second-order valence-electron chi connectivity index (χ2n) is 9.76. The van der Waals surface area contributed by atoms with Gasteiger partial charge in [0.25, 0.3) is 11.8 Å². The highest BCUT2D eigenvalue weighted by molar-refractivity contribution is 8.00. The second-order valence-corrected chi connectivity index (χ2v) is 11.8. The first-order chi connectivity index (χ1) is 20.6. The molecule has 2 atom stereocenters. The van der Waals surface area contributed by atoms with Crippen LogP contribution in [0.5, 0.6) is 0 Å². The lowest BCUT2D eigenvalue weighted by Gasteiger charge is -2.49. The van der Waals surface area contributed by atoms with Crippen molar-refractivity contribution in [2.75, 3.05) is 24.7 Å². The Balaban J connectivity index is 1.54. The van der Waals surface area contributed by atoms with Crippen LogP contribution in [0.25, 0.3) is 6.08 Å². The second kappa shape index (κ2) is 14.1. The molecule has 43 heavy (non-hydrogen) atoms. The standard InChI is InChI=1S/C28H30N6O7S2/c1-4-17(26(37)40-11-15(2)3)12-41-27(38)22-18(8-7-16-6-5-9-30-10-16)13-42-25-21(24(36)34(22)25)32-23(35)20(33-39)19-14-43-28(29)31-19/h4-10,14-15,21,25,39H,11-13H2,1-3H3,(H2,29,31)(H,32,35)/b8-7-,17-4+,33-20-/t21-,25-/m1/s1. The van der Waals surface area contributed by atoms with Crippen LogP contribution in [0.1, 0.15) is 32.0 Å². The number of thioether (sulfide) groups is 1. The van der Waals surface area contributed by atoms with E-state index in [1.807, 2.05) is 19.9 Å². The van der Waals surface area contributed by atoms with Crippen molar-refractivity contribution in [3.8, 4) is 0 Å². The Labute approximate surface area is 255 Å². The number of β-lactam (4-membered cyclic amide) rings is 1. The molecule has 2 aromatic rings. The highest BCUT2D eigenvalue weighted by Crippen LogP contribution is 2.41. The molecule has 2 aliphatic heterocycles. The molecule has 2 aliphatic rings. The van der Waals surface area contributed by atoms with Crippen molar-refractivity contribution in [1.82, 2.24) is 20.2 Å². The number of carbonyl (C=O) groups excluding carboxylic acids is 4. The minimum absolute atomic E-state index is 0.00582. The number of oxime groups is 1. The van der Waals surface area contributed by atoms with Gasteiger partial charge in [-0.15, -0.1) is 23.1 Å². The first-order valence-electron chi connectivity index (χ1n) is 13.1. The van der Waals surface area contributed by atoms with Gasteiger partial charge in [-0.25, -0.2) is 14.6 Å². The van der Waals surface area contributed by atoms with Crippen molar-refractivity contribution in [3.05, 3.63) is 70.2 Å². The molecular weight excluding hydrogens is 596 g/mol. The van der Waals surface area contributed by atoms with Crippen molar-refractivity contribution in [2.24, 2.45) is 11.1 Å². The maximum absolute atomic E-state index is 13.5. The van der Waals surface area contributed by atoms with E-state index in [-0.39, 0.29) is 41.2 Å². The van der Waals surface area contributed by atoms with Crippen LogP contribution in [0.2, 0.25) is 0 Å². The summed E-state index contributed by atoms with van der Waals surface area (Å²) in [7, 11) is 0. The van der Waals surface area contributed by atoms with Crippen LogP contribution in [0.15, 0.2) is 64.1 Å². The van der Waals surface area contributed by atoms with Gasteiger partial charge in [-0.05, 0) is 30.0 Å². The Kier molecular flexibility index (Phi) is 10.3. The van der Waals surface area contributed by atoms with Gasteiger partial charge in [-0.2, -0.15) is 0 Å². The number of nitrogens with one attached hydrogen (secondary N) is 1. The number of anilines is 1. The van der Waals surface area contributed by atoms with E-state index in [4.69, 9.17) is 15.2 Å². The van der Waals surface area contributed by atoms with Gasteiger partial charge in [0.05, 0.1) is 12.2 Å². The van der Waals surface area contributed by atoms with Crippen molar-refractivity contribution in [3.63, 3.8) is 0 Å². The molecule has 2 amide bonds. The van der Waals surface area contributed by atoms with Crippen LogP contribution >= 0.6 is 23.1 Å². The Morgan fingerprint density at radius 3 is 2.72 bits per heavy atom. The van der Waals surface area contributed by atoms with E-state index in [0.29, 0.717) is 11.3 Å². The molecule has 0 spiro atoms. The van der Waals surface area contributed by atoms with Gasteiger partial charge in [0.2, 0.25) is 0 Å². The van der Waals surface area contributed by atoms with Crippen LogP contribution in [0.3, 0.4) is 0 Å². The van der Waals surface area contributed by atoms with E-state index in [0.717, 1.165) is 16.9 Å². The number of allylic oxidation sites excluding steroid dienone is 2. The molecule has 4 N–H and O–H groups in total. The van der Waals surface area contributed by atoms with E-state index >= 15 is 0 Å². The number of esters is 2. The molecule has 0 unspecified atom stereocenters. The Morgan fingerprint density at radius 2 is 2.09 bits per heavy atom. The summed E-state index contributed by atoms with van der Waals surface area (Å²) in [5.41, 5.74) is 6.71. The summed E-state index contributed by atoms with van der Waals surface area (Å²) in [5.74, 6) is -2.38. The number of carbonyl (C=O) groups is 4. The number of hydrogen-bond donors (Lipinski definition) is 3. The quantitative estimate of drug-likeness (QED) is 0.0830. The summed E-state index contributed by atoms with van der Waals surface area (Å²) in [6.45, 7) is 5.29. The maximum Gasteiger partial charge on any atom is 0.355 e. The average Bonchev–Trinajstić information content (AvgIpc) is 3.43. The van der Waals surface area contributed by atoms with Crippen molar-refractivity contribution in [2.45, 2.75) is 32.2 Å². The number of nitrogens with two attached hydrogens (primary N) is 1. The van der Waals surface area contributed by atoms with E-state index < -0.39 is 40.9 Å². The smallest absolute Gasteiger partial charge is 0.355 e. The topological polar surface area (TPSA) is 186 Å². The number of nitrogen functional groups attached to an aromatic ring is 1. The molecule has 0 aromatic carbocycles. The number of ether oxygens (including phenoxy) is 2. The summed E-state index contributed by atoms with van der Waals surface area (Å²) in [6.07, 6.45) is 8.24. The van der Waals surface area contributed by atoms with Crippen LogP contribution in [-0.4, -0.2) is 79.9 Å². The first-order valence-corrected chi connectivity index (χ1v) is 15.1. The molecule has 0 aliphatic carbocycles. The molecule has 4 heterocycles. The van der Waals surface area contributed by atoms with E-state index in [2.05, 4.69) is 20.4 Å². The average molecular weight is 627 g/mol. The highest BCUT2D eigenvalue weighted by atomic mass is 32.2. The number of aromatic nitrogens is 2. The number of nitrogens with zero attached hydrogens (tertiary/aromatic N) is 4. The van der Waals surface area contributed by atoms with Gasteiger partial charge in [-0.3, -0.25) is 19.5 Å². The summed E-state index contributed by atoms with van der Waals surface area (Å²) in [5, 5.41) is 16.0. The number of fused-ring (bicyclic) bond motifs is 1. The summed E-state index contributed by atoms with van der Waals surface area (Å²) in [4.78, 5) is 61.4. The van der Waals surface area contributed by atoms with Gasteiger partial charge < -0.3 is 25.7 Å². The third-order valence-corrected chi connectivity index (χ3v) is 8.21. The Bertz CT molecular complexity index is 1520. The number of hydrogen-bond acceptors (Lipinski definition) is 13. The van der Waals surface area contributed by atoms with Crippen LogP contribution in [-0.2, 0) is 28.7 Å². The molecule has 13 nitrogen and oxygen atoms in total. The number of amides is 2. The minimum Gasteiger partial charge on any atom is -0.462 e. The largest absolute Gasteiger partial charge is 0.462 e. The van der Waals surface area contributed by atoms with Crippen molar-refractivity contribution < 1.29 is 33.9 Å².